The van der Waals surface area contributed by atoms with E-state index in [1.54, 1.807) is 42.5 Å². The van der Waals surface area contributed by atoms with Crippen molar-refractivity contribution in [2.75, 3.05) is 6.54 Å². The average molecular weight is 449 g/mol. The average Bonchev–Trinajstić information content (AvgIpc) is 2.72. The molecule has 2 aromatic carbocycles. The first kappa shape index (κ1) is 23.1. The molecule has 0 aliphatic carbocycles. The number of carbonyl (C=O) groups is 1. The second-order valence-electron chi connectivity index (χ2n) is 6.11. The van der Waals surface area contributed by atoms with Crippen molar-refractivity contribution in [3.05, 3.63) is 66.2 Å². The number of hydrogen-bond donors (Lipinski definition) is 2. The van der Waals surface area contributed by atoms with Crippen molar-refractivity contribution in [2.24, 2.45) is 4.40 Å². The van der Waals surface area contributed by atoms with Gasteiger partial charge in [-0.2, -0.15) is 13.7 Å². The number of amides is 1. The lowest BCUT2D eigenvalue weighted by atomic mass is 10.2. The van der Waals surface area contributed by atoms with Crippen molar-refractivity contribution in [1.82, 2.24) is 10.6 Å². The van der Waals surface area contributed by atoms with Crippen molar-refractivity contribution in [3.8, 4) is 6.07 Å². The van der Waals surface area contributed by atoms with Gasteiger partial charge in [0.25, 0.3) is 10.0 Å². The van der Waals surface area contributed by atoms with E-state index < -0.39 is 37.6 Å². The van der Waals surface area contributed by atoms with Gasteiger partial charge in [-0.3, -0.25) is 4.79 Å². The summed E-state index contributed by atoms with van der Waals surface area (Å²) in [5.41, 5.74) is 0.510. The third-order valence-electron chi connectivity index (χ3n) is 3.87. The minimum Gasteiger partial charge on any atom is -0.359 e. The highest BCUT2D eigenvalue weighted by molar-refractivity contribution is 7.91. The van der Waals surface area contributed by atoms with E-state index in [-0.39, 0.29) is 17.2 Å². The Hall–Kier alpha value is -3.23. The minimum absolute atomic E-state index is 0.0569. The summed E-state index contributed by atoms with van der Waals surface area (Å²) in [4.78, 5) is 11.9. The van der Waals surface area contributed by atoms with Gasteiger partial charge in [0.1, 0.15) is 18.3 Å². The Bertz CT molecular complexity index is 1130. The van der Waals surface area contributed by atoms with Gasteiger partial charge in [0.05, 0.1) is 23.1 Å². The molecule has 0 bridgehead atoms. The molecule has 1 unspecified atom stereocenters. The number of nitriles is 1. The van der Waals surface area contributed by atoms with Crippen molar-refractivity contribution in [1.29, 1.82) is 5.26 Å². The van der Waals surface area contributed by atoms with Gasteiger partial charge in [-0.15, -0.1) is 4.40 Å². The Balaban J connectivity index is 2.20. The highest BCUT2D eigenvalue weighted by atomic mass is 32.2. The van der Waals surface area contributed by atoms with Gasteiger partial charge in [-0.25, -0.2) is 8.42 Å². The minimum atomic E-state index is -4.03. The summed E-state index contributed by atoms with van der Waals surface area (Å²) in [5.74, 6) is -1.04. The standard InChI is InChI=1S/C19H20N4O5S2/c20-11-12-21-18(24)13-19(29(25,26)14-16-7-3-1-4-8-16)22-15-23-30(27,28)17-9-5-2-6-10-17/h1-10,15,19H,12-14H2,(H,21,24)(H,22,23). The number of sulfonamides is 1. The maximum atomic E-state index is 12.8. The predicted molar refractivity (Wildman–Crippen MR) is 111 cm³/mol. The molecule has 158 valence electrons. The van der Waals surface area contributed by atoms with Crippen LogP contribution >= 0.6 is 0 Å². The monoisotopic (exact) mass is 448 g/mol. The summed E-state index contributed by atoms with van der Waals surface area (Å²) in [7, 11) is -7.95. The molecule has 0 spiro atoms. The molecule has 2 rings (SSSR count). The molecular weight excluding hydrogens is 428 g/mol. The third kappa shape index (κ3) is 6.98. The van der Waals surface area contributed by atoms with E-state index in [1.165, 1.54) is 24.3 Å². The van der Waals surface area contributed by atoms with Crippen molar-refractivity contribution >= 4 is 32.1 Å². The maximum absolute atomic E-state index is 12.8. The predicted octanol–water partition coefficient (Wildman–Crippen LogP) is 0.964. The molecule has 0 aliphatic rings. The summed E-state index contributed by atoms with van der Waals surface area (Å²) in [5, 5.41) is 11.8. The van der Waals surface area contributed by atoms with Crippen LogP contribution in [0.15, 0.2) is 70.0 Å². The van der Waals surface area contributed by atoms with Gasteiger partial charge in [0, 0.05) is 0 Å². The third-order valence-corrected chi connectivity index (χ3v) is 7.03. The second-order valence-corrected chi connectivity index (χ2v) is 9.93. The second kappa shape index (κ2) is 10.5. The number of nitrogens with one attached hydrogen (secondary N) is 2. The van der Waals surface area contributed by atoms with E-state index in [0.717, 1.165) is 6.34 Å². The number of benzene rings is 2. The summed E-state index contributed by atoms with van der Waals surface area (Å²) in [6.07, 6.45) is 0.237. The molecule has 2 N–H and O–H groups in total. The lowest BCUT2D eigenvalue weighted by Gasteiger charge is -2.17. The van der Waals surface area contributed by atoms with E-state index in [2.05, 4.69) is 15.0 Å². The van der Waals surface area contributed by atoms with Crippen molar-refractivity contribution in [3.63, 3.8) is 0 Å². The van der Waals surface area contributed by atoms with Crippen LogP contribution in [0.2, 0.25) is 0 Å². The molecule has 0 aliphatic heterocycles. The van der Waals surface area contributed by atoms with Gasteiger partial charge in [0.2, 0.25) is 5.91 Å². The molecule has 0 fully saturated rings. The fourth-order valence-corrected chi connectivity index (χ4v) is 4.77. The fourth-order valence-electron chi connectivity index (χ4n) is 2.41. The van der Waals surface area contributed by atoms with E-state index in [1.807, 2.05) is 0 Å². The zero-order valence-electron chi connectivity index (χ0n) is 15.8. The largest absolute Gasteiger partial charge is 0.359 e. The van der Waals surface area contributed by atoms with Crippen LogP contribution in [-0.4, -0.2) is 41.0 Å². The number of carbonyl (C=O) groups excluding carboxylic acids is 1. The molecule has 0 radical (unpaired) electrons. The molecule has 0 saturated heterocycles. The number of sulfone groups is 1. The van der Waals surface area contributed by atoms with E-state index >= 15 is 0 Å². The van der Waals surface area contributed by atoms with Gasteiger partial charge >= 0.3 is 0 Å². The Morgan fingerprint density at radius 3 is 2.23 bits per heavy atom. The SMILES string of the molecule is N#CCNC(=O)CC(NC=NS(=O)(=O)c1ccccc1)S(=O)(=O)Cc1ccccc1. The lowest BCUT2D eigenvalue weighted by Crippen LogP contribution is -2.41. The number of nitrogens with zero attached hydrogens (tertiary/aromatic N) is 2. The summed E-state index contributed by atoms with van der Waals surface area (Å²) < 4.78 is 53.5. The number of rotatable bonds is 10. The van der Waals surface area contributed by atoms with Crippen LogP contribution in [-0.2, 0) is 30.4 Å². The Morgan fingerprint density at radius 1 is 1.03 bits per heavy atom. The van der Waals surface area contributed by atoms with Crippen LogP contribution in [0.5, 0.6) is 0 Å². The molecule has 1 amide bonds. The van der Waals surface area contributed by atoms with Crippen molar-refractivity contribution < 1.29 is 21.6 Å². The highest BCUT2D eigenvalue weighted by Gasteiger charge is 2.27. The zero-order chi connectivity index (χ0) is 22.0. The molecular formula is C19H20N4O5S2. The molecule has 30 heavy (non-hydrogen) atoms. The molecule has 0 aromatic heterocycles. The van der Waals surface area contributed by atoms with Gasteiger partial charge < -0.3 is 10.6 Å². The molecule has 11 heteroatoms. The Kier molecular flexibility index (Phi) is 8.08. The van der Waals surface area contributed by atoms with E-state index in [9.17, 15) is 21.6 Å². The Morgan fingerprint density at radius 2 is 1.63 bits per heavy atom. The van der Waals surface area contributed by atoms with E-state index in [0.29, 0.717) is 5.56 Å². The van der Waals surface area contributed by atoms with Crippen LogP contribution in [0.3, 0.4) is 0 Å². The lowest BCUT2D eigenvalue weighted by molar-refractivity contribution is -0.120. The first-order chi connectivity index (χ1) is 14.2. The van der Waals surface area contributed by atoms with Crippen LogP contribution < -0.4 is 10.6 Å². The molecule has 9 nitrogen and oxygen atoms in total. The maximum Gasteiger partial charge on any atom is 0.283 e. The highest BCUT2D eigenvalue weighted by Crippen LogP contribution is 2.13. The summed E-state index contributed by atoms with van der Waals surface area (Å²) in [6.45, 7) is -0.277. The molecule has 0 heterocycles. The quantitative estimate of drug-likeness (QED) is 0.313. The molecule has 2 aromatic rings. The van der Waals surface area contributed by atoms with Crippen LogP contribution in [0.25, 0.3) is 0 Å². The Labute approximate surface area is 175 Å². The van der Waals surface area contributed by atoms with Crippen LogP contribution in [0, 0.1) is 11.3 Å². The van der Waals surface area contributed by atoms with Gasteiger partial charge in [-0.1, -0.05) is 48.5 Å². The topological polar surface area (TPSA) is 146 Å². The van der Waals surface area contributed by atoms with Gasteiger partial charge in [0.15, 0.2) is 9.84 Å². The van der Waals surface area contributed by atoms with E-state index in [4.69, 9.17) is 5.26 Å². The zero-order valence-corrected chi connectivity index (χ0v) is 17.4. The van der Waals surface area contributed by atoms with Crippen LogP contribution in [0.1, 0.15) is 12.0 Å². The van der Waals surface area contributed by atoms with Gasteiger partial charge in [-0.05, 0) is 17.7 Å². The normalized spacial score (nSPS) is 12.8. The smallest absolute Gasteiger partial charge is 0.283 e. The van der Waals surface area contributed by atoms with Crippen LogP contribution in [0.4, 0.5) is 0 Å². The summed E-state index contributed by atoms with van der Waals surface area (Å²) in [6, 6.07) is 17.5. The fraction of sp³-hybridized carbons (Fsp3) is 0.211. The first-order valence-electron chi connectivity index (χ1n) is 8.73. The first-order valence-corrected chi connectivity index (χ1v) is 11.9. The van der Waals surface area contributed by atoms with Crippen molar-refractivity contribution in [2.45, 2.75) is 22.4 Å². The molecule has 1 atom stereocenters. The summed E-state index contributed by atoms with van der Waals surface area (Å²) >= 11 is 0. The number of hydrogen-bond acceptors (Lipinski definition) is 6. The molecule has 0 saturated carbocycles.